The van der Waals surface area contributed by atoms with Crippen molar-refractivity contribution in [3.8, 4) is 5.75 Å². The molecule has 0 heterocycles. The lowest BCUT2D eigenvalue weighted by molar-refractivity contribution is 0.102. The summed E-state index contributed by atoms with van der Waals surface area (Å²) in [6, 6.07) is 13.3. The number of carbonyl (C=O) groups excluding carboxylic acids is 1. The minimum atomic E-state index is -0.121. The molecule has 2 aromatic rings. The summed E-state index contributed by atoms with van der Waals surface area (Å²) in [4.78, 5) is 12.5. The quantitative estimate of drug-likeness (QED) is 0.589. The Morgan fingerprint density at radius 3 is 2.62 bits per heavy atom. The van der Waals surface area contributed by atoms with Gasteiger partial charge in [0.15, 0.2) is 0 Å². The number of hydrogen-bond acceptors (Lipinski definition) is 2. The fourth-order valence-electron chi connectivity index (χ4n) is 2.39. The first-order valence-corrected chi connectivity index (χ1v) is 9.14. The van der Waals surface area contributed by atoms with E-state index in [-0.39, 0.29) is 5.91 Å². The van der Waals surface area contributed by atoms with Gasteiger partial charge in [-0.05, 0) is 58.1 Å². The lowest BCUT2D eigenvalue weighted by atomic mass is 10.0. The van der Waals surface area contributed by atoms with Crippen molar-refractivity contribution in [3.63, 3.8) is 0 Å². The molecule has 3 nitrogen and oxygen atoms in total. The summed E-state index contributed by atoms with van der Waals surface area (Å²) < 4.78 is 6.50. The van der Waals surface area contributed by atoms with E-state index in [0.29, 0.717) is 18.1 Å². The fraction of sp³-hybridized carbons (Fsp3) is 0.350. The number of hydrogen-bond donors (Lipinski definition) is 1. The number of rotatable bonds is 7. The molecule has 1 N–H and O–H groups in total. The molecule has 2 aromatic carbocycles. The highest BCUT2D eigenvalue weighted by Gasteiger charge is 2.12. The van der Waals surface area contributed by atoms with E-state index >= 15 is 0 Å². The smallest absolute Gasteiger partial charge is 0.255 e. The Balaban J connectivity index is 2.12. The molecule has 0 bridgehead atoms. The molecule has 4 heteroatoms. The van der Waals surface area contributed by atoms with Crippen LogP contribution in [0.4, 0.5) is 5.69 Å². The standard InChI is InChI=1S/C20H24BrNO2/c1-4-5-12-24-19-11-10-15(13-17(19)21)20(23)22-18-9-7-6-8-16(18)14(2)3/h6-11,13-14H,4-5,12H2,1-3H3,(H,22,23). The Labute approximate surface area is 152 Å². The SMILES string of the molecule is CCCCOc1ccc(C(=O)Nc2ccccc2C(C)C)cc1Br. The third-order valence-corrected chi connectivity index (χ3v) is 4.40. The zero-order valence-electron chi connectivity index (χ0n) is 14.4. The Bertz CT molecular complexity index is 698. The predicted octanol–water partition coefficient (Wildman–Crippen LogP) is 6.00. The summed E-state index contributed by atoms with van der Waals surface area (Å²) in [6.07, 6.45) is 2.11. The van der Waals surface area contributed by atoms with Crippen molar-refractivity contribution in [2.45, 2.75) is 39.5 Å². The minimum Gasteiger partial charge on any atom is -0.492 e. The van der Waals surface area contributed by atoms with Crippen LogP contribution in [0, 0.1) is 0 Å². The second-order valence-electron chi connectivity index (χ2n) is 6.04. The molecule has 0 aliphatic carbocycles. The van der Waals surface area contributed by atoms with Gasteiger partial charge in [0.1, 0.15) is 5.75 Å². The van der Waals surface area contributed by atoms with Gasteiger partial charge >= 0.3 is 0 Å². The lowest BCUT2D eigenvalue weighted by Crippen LogP contribution is -2.13. The van der Waals surface area contributed by atoms with Crippen LogP contribution in [0.3, 0.4) is 0 Å². The van der Waals surface area contributed by atoms with Gasteiger partial charge in [-0.1, -0.05) is 45.4 Å². The van der Waals surface area contributed by atoms with Crippen molar-refractivity contribution in [3.05, 3.63) is 58.1 Å². The van der Waals surface area contributed by atoms with E-state index in [4.69, 9.17) is 4.74 Å². The maximum absolute atomic E-state index is 12.5. The first-order chi connectivity index (χ1) is 11.5. The molecule has 1 amide bonds. The zero-order chi connectivity index (χ0) is 17.5. The van der Waals surface area contributed by atoms with Crippen LogP contribution >= 0.6 is 15.9 Å². The molecule has 128 valence electrons. The van der Waals surface area contributed by atoms with Gasteiger partial charge in [-0.15, -0.1) is 0 Å². The second kappa shape index (κ2) is 8.88. The molecular formula is C20H24BrNO2. The number of ether oxygens (including phenoxy) is 1. The molecule has 2 rings (SSSR count). The first-order valence-electron chi connectivity index (χ1n) is 8.35. The third-order valence-electron chi connectivity index (χ3n) is 3.78. The summed E-state index contributed by atoms with van der Waals surface area (Å²) in [6.45, 7) is 7.04. The normalized spacial score (nSPS) is 10.7. The number of anilines is 1. The van der Waals surface area contributed by atoms with E-state index in [2.05, 4.69) is 42.0 Å². The van der Waals surface area contributed by atoms with Crippen LogP contribution in [-0.2, 0) is 0 Å². The van der Waals surface area contributed by atoms with Crippen LogP contribution in [-0.4, -0.2) is 12.5 Å². The summed E-state index contributed by atoms with van der Waals surface area (Å²) in [5, 5.41) is 3.01. The Morgan fingerprint density at radius 2 is 1.96 bits per heavy atom. The molecule has 0 saturated carbocycles. The number of amides is 1. The third kappa shape index (κ3) is 4.84. The van der Waals surface area contributed by atoms with Crippen LogP contribution in [0.5, 0.6) is 5.75 Å². The van der Waals surface area contributed by atoms with E-state index in [1.807, 2.05) is 30.3 Å². The average Bonchev–Trinajstić information content (AvgIpc) is 2.56. The van der Waals surface area contributed by atoms with E-state index in [1.165, 1.54) is 0 Å². The highest BCUT2D eigenvalue weighted by atomic mass is 79.9. The summed E-state index contributed by atoms with van der Waals surface area (Å²) >= 11 is 3.49. The van der Waals surface area contributed by atoms with Crippen LogP contribution in [0.1, 0.15) is 55.5 Å². The molecular weight excluding hydrogens is 366 g/mol. The predicted molar refractivity (Wildman–Crippen MR) is 103 cm³/mol. The van der Waals surface area contributed by atoms with Gasteiger partial charge in [-0.2, -0.15) is 0 Å². The molecule has 24 heavy (non-hydrogen) atoms. The topological polar surface area (TPSA) is 38.3 Å². The number of benzene rings is 2. The number of unbranched alkanes of at least 4 members (excludes halogenated alkanes) is 1. The number of nitrogens with one attached hydrogen (secondary N) is 1. The van der Waals surface area contributed by atoms with Gasteiger partial charge in [0.05, 0.1) is 11.1 Å². The monoisotopic (exact) mass is 389 g/mol. The number of carbonyl (C=O) groups is 1. The molecule has 0 saturated heterocycles. The average molecular weight is 390 g/mol. The van der Waals surface area contributed by atoms with Crippen LogP contribution < -0.4 is 10.1 Å². The molecule has 0 atom stereocenters. The van der Waals surface area contributed by atoms with Crippen molar-refractivity contribution in [1.82, 2.24) is 0 Å². The highest BCUT2D eigenvalue weighted by Crippen LogP contribution is 2.28. The van der Waals surface area contributed by atoms with Gasteiger partial charge < -0.3 is 10.1 Å². The maximum Gasteiger partial charge on any atom is 0.255 e. The summed E-state index contributed by atoms with van der Waals surface area (Å²) in [5.41, 5.74) is 2.59. The molecule has 0 spiro atoms. The Morgan fingerprint density at radius 1 is 1.21 bits per heavy atom. The maximum atomic E-state index is 12.5. The molecule has 0 aromatic heterocycles. The van der Waals surface area contributed by atoms with Crippen LogP contribution in [0.15, 0.2) is 46.9 Å². The number of halogens is 1. The van der Waals surface area contributed by atoms with Crippen LogP contribution in [0.25, 0.3) is 0 Å². The van der Waals surface area contributed by atoms with Crippen LogP contribution in [0.2, 0.25) is 0 Å². The van der Waals surface area contributed by atoms with Crippen molar-refractivity contribution in [2.24, 2.45) is 0 Å². The minimum absolute atomic E-state index is 0.121. The first kappa shape index (κ1) is 18.5. The molecule has 0 aliphatic heterocycles. The molecule has 0 unspecified atom stereocenters. The van der Waals surface area contributed by atoms with E-state index in [9.17, 15) is 4.79 Å². The van der Waals surface area contributed by atoms with E-state index < -0.39 is 0 Å². The van der Waals surface area contributed by atoms with Gasteiger partial charge in [0.2, 0.25) is 0 Å². The van der Waals surface area contributed by atoms with E-state index in [0.717, 1.165) is 34.3 Å². The fourth-order valence-corrected chi connectivity index (χ4v) is 2.89. The Hall–Kier alpha value is -1.81. The molecule has 0 fully saturated rings. The van der Waals surface area contributed by atoms with Gasteiger partial charge in [-0.3, -0.25) is 4.79 Å². The molecule has 0 aliphatic rings. The van der Waals surface area contributed by atoms with Crippen molar-refractivity contribution < 1.29 is 9.53 Å². The van der Waals surface area contributed by atoms with Crippen molar-refractivity contribution in [2.75, 3.05) is 11.9 Å². The zero-order valence-corrected chi connectivity index (χ0v) is 16.0. The molecule has 0 radical (unpaired) electrons. The second-order valence-corrected chi connectivity index (χ2v) is 6.90. The largest absolute Gasteiger partial charge is 0.492 e. The van der Waals surface area contributed by atoms with Crippen molar-refractivity contribution in [1.29, 1.82) is 0 Å². The Kier molecular flexibility index (Phi) is 6.85. The van der Waals surface area contributed by atoms with Gasteiger partial charge in [0.25, 0.3) is 5.91 Å². The van der Waals surface area contributed by atoms with Gasteiger partial charge in [0, 0.05) is 11.3 Å². The summed E-state index contributed by atoms with van der Waals surface area (Å²) in [5.74, 6) is 0.995. The highest BCUT2D eigenvalue weighted by molar-refractivity contribution is 9.10. The van der Waals surface area contributed by atoms with E-state index in [1.54, 1.807) is 12.1 Å². The van der Waals surface area contributed by atoms with Gasteiger partial charge in [-0.25, -0.2) is 0 Å². The van der Waals surface area contributed by atoms with Crippen molar-refractivity contribution >= 4 is 27.5 Å². The summed E-state index contributed by atoms with van der Waals surface area (Å²) in [7, 11) is 0. The number of para-hydroxylation sites is 1. The lowest BCUT2D eigenvalue weighted by Gasteiger charge is -2.14.